The lowest BCUT2D eigenvalue weighted by atomic mass is 9.85. The first-order valence-electron chi connectivity index (χ1n) is 15.0. The summed E-state index contributed by atoms with van der Waals surface area (Å²) in [6.45, 7) is 4.91. The van der Waals surface area contributed by atoms with Crippen molar-refractivity contribution in [2.24, 2.45) is 5.73 Å². The number of pyridine rings is 1. The fraction of sp³-hybridized carbons (Fsp3) is 0.438. The molecule has 0 aliphatic carbocycles. The molecule has 9 nitrogen and oxygen atoms in total. The van der Waals surface area contributed by atoms with E-state index in [9.17, 15) is 18.7 Å². The van der Waals surface area contributed by atoms with Crippen molar-refractivity contribution < 1.29 is 18.3 Å². The van der Waals surface area contributed by atoms with Gasteiger partial charge in [-0.3, -0.25) is 18.7 Å². The Hall–Kier alpha value is -2.77. The molecule has 238 valence electrons. The Morgan fingerprint density at radius 3 is 2.61 bits per heavy atom. The van der Waals surface area contributed by atoms with Crippen LogP contribution in [0.3, 0.4) is 0 Å². The van der Waals surface area contributed by atoms with Crippen LogP contribution in [0.15, 0.2) is 65.6 Å². The number of piperazine rings is 1. The Bertz CT molecular complexity index is 1540. The molecule has 3 unspecified atom stereocenters. The largest absolute Gasteiger partial charge is 0.324 e. The molecule has 1 aromatic heterocycles. The van der Waals surface area contributed by atoms with Crippen molar-refractivity contribution in [1.29, 1.82) is 0 Å². The average molecular weight is 646 g/mol. The Balaban J connectivity index is 1.39. The van der Waals surface area contributed by atoms with Gasteiger partial charge in [0.15, 0.2) is 0 Å². The zero-order chi connectivity index (χ0) is 31.6. The van der Waals surface area contributed by atoms with E-state index in [2.05, 4.69) is 10.6 Å². The minimum Gasteiger partial charge on any atom is -0.324 e. The highest BCUT2D eigenvalue weighted by Gasteiger charge is 2.38. The number of anilines is 1. The molecule has 2 fully saturated rings. The molecule has 44 heavy (non-hydrogen) atoms. The Morgan fingerprint density at radius 1 is 1.16 bits per heavy atom. The normalized spacial score (nSPS) is 23.4. The number of nitrogens with two attached hydrogens (primary N) is 1. The van der Waals surface area contributed by atoms with E-state index >= 15 is 4.39 Å². The molecule has 0 spiro atoms. The van der Waals surface area contributed by atoms with Gasteiger partial charge in [0, 0.05) is 65.7 Å². The Morgan fingerprint density at radius 2 is 1.89 bits per heavy atom. The van der Waals surface area contributed by atoms with Gasteiger partial charge in [0.1, 0.15) is 5.82 Å². The Kier molecular flexibility index (Phi) is 10.2. The summed E-state index contributed by atoms with van der Waals surface area (Å²) in [5, 5.41) is 6.89. The summed E-state index contributed by atoms with van der Waals surface area (Å²) < 4.78 is 40.3. The number of rotatable bonds is 9. The predicted octanol–water partition coefficient (Wildman–Crippen LogP) is 5.35. The third kappa shape index (κ3) is 7.20. The van der Waals surface area contributed by atoms with Gasteiger partial charge in [0.25, 0.3) is 5.56 Å². The van der Waals surface area contributed by atoms with Crippen molar-refractivity contribution in [1.82, 2.24) is 14.2 Å². The van der Waals surface area contributed by atoms with Crippen LogP contribution in [-0.4, -0.2) is 60.9 Å². The molecule has 2 aliphatic rings. The number of carbonyl (C=O) groups is 1. The quantitative estimate of drug-likeness (QED) is 0.212. The highest BCUT2D eigenvalue weighted by molar-refractivity contribution is 8.22. The number of hydrogen-bond donors (Lipinski definition) is 5. The van der Waals surface area contributed by atoms with Crippen LogP contribution in [0.5, 0.6) is 0 Å². The number of nitrogens with one attached hydrogen (secondary N) is 2. The standard InChI is InChI=1S/C32H41ClFN5O4S/c1-20(2)38-18-22(10-15-29(38)40)30(21-8-11-23(33)12-9-21)31(35)32(41)37-28-7-3-6-27(34)26(28)14-13-25-17-36-24-5-4-16-44(42,43)39(25)19-24/h3,6-12,15,18,20,24-25,30-31,36,42-43H,4-5,13-14,16-17,19,35H2,1-2H3,(H,37,41)/t24?,25?,30-,31-/m0/s1. The van der Waals surface area contributed by atoms with Gasteiger partial charge in [-0.1, -0.05) is 35.9 Å². The number of hydrogen-bond acceptors (Lipinski definition) is 7. The van der Waals surface area contributed by atoms with Gasteiger partial charge in [-0.05, 0) is 74.9 Å². The molecule has 6 N–H and O–H groups in total. The van der Waals surface area contributed by atoms with Crippen LogP contribution in [-0.2, 0) is 11.2 Å². The van der Waals surface area contributed by atoms with E-state index in [0.717, 1.165) is 18.4 Å². The van der Waals surface area contributed by atoms with Crippen LogP contribution in [0.25, 0.3) is 0 Å². The van der Waals surface area contributed by atoms with E-state index in [4.69, 9.17) is 17.3 Å². The molecular weight excluding hydrogens is 605 g/mol. The highest BCUT2D eigenvalue weighted by atomic mass is 35.5. The lowest BCUT2D eigenvalue weighted by molar-refractivity contribution is -0.117. The summed E-state index contributed by atoms with van der Waals surface area (Å²) in [6, 6.07) is 13.6. The van der Waals surface area contributed by atoms with E-state index in [-0.39, 0.29) is 30.1 Å². The first-order chi connectivity index (χ1) is 20.9. The van der Waals surface area contributed by atoms with Crippen LogP contribution in [0.2, 0.25) is 5.02 Å². The van der Waals surface area contributed by atoms with Crippen molar-refractivity contribution in [2.45, 2.75) is 69.6 Å². The minimum atomic E-state index is -2.89. The van der Waals surface area contributed by atoms with Crippen molar-refractivity contribution in [3.05, 3.63) is 98.7 Å². The number of benzene rings is 2. The molecule has 5 atom stereocenters. The molecule has 1 amide bonds. The molecule has 3 aromatic rings. The lowest BCUT2D eigenvalue weighted by Crippen LogP contribution is -2.55. The van der Waals surface area contributed by atoms with E-state index in [1.54, 1.807) is 51.5 Å². The summed E-state index contributed by atoms with van der Waals surface area (Å²) in [5.41, 5.74) is 8.57. The highest BCUT2D eigenvalue weighted by Crippen LogP contribution is 2.49. The number of halogens is 2. The fourth-order valence-electron chi connectivity index (χ4n) is 6.27. The molecule has 0 saturated carbocycles. The number of amides is 1. The second kappa shape index (κ2) is 13.7. The van der Waals surface area contributed by atoms with Crippen molar-refractivity contribution in [3.8, 4) is 0 Å². The molecule has 3 heterocycles. The fourth-order valence-corrected chi connectivity index (χ4v) is 8.26. The molecule has 2 bridgehead atoms. The molecule has 2 aromatic carbocycles. The number of nitrogens with zero attached hydrogens (tertiary/aromatic N) is 2. The second-order valence-corrected chi connectivity index (χ2v) is 14.6. The maximum Gasteiger partial charge on any atom is 0.250 e. The first-order valence-corrected chi connectivity index (χ1v) is 17.1. The van der Waals surface area contributed by atoms with Crippen LogP contribution in [0.4, 0.5) is 10.1 Å². The van der Waals surface area contributed by atoms with Gasteiger partial charge in [-0.2, -0.15) is 0 Å². The second-order valence-electron chi connectivity index (χ2n) is 12.0. The van der Waals surface area contributed by atoms with Gasteiger partial charge in [0.2, 0.25) is 5.91 Å². The lowest BCUT2D eigenvalue weighted by Gasteiger charge is -2.49. The maximum absolute atomic E-state index is 15.3. The molecule has 12 heteroatoms. The summed E-state index contributed by atoms with van der Waals surface area (Å²) in [5.74, 6) is -1.25. The monoisotopic (exact) mass is 645 g/mol. The van der Waals surface area contributed by atoms with E-state index < -0.39 is 34.5 Å². The van der Waals surface area contributed by atoms with Crippen LogP contribution in [0.1, 0.15) is 61.8 Å². The number of fused-ring (bicyclic) bond motifs is 2. The van der Waals surface area contributed by atoms with Gasteiger partial charge in [-0.15, -0.1) is 10.8 Å². The number of aromatic nitrogens is 1. The van der Waals surface area contributed by atoms with E-state index in [1.165, 1.54) is 18.2 Å². The average Bonchev–Trinajstić information content (AvgIpc) is 3.10. The SMILES string of the molecule is CC(C)n1cc([C@H](c2ccc(Cl)cc2)[C@H](N)C(=O)Nc2cccc(F)c2CCC2CNC3CCCS(O)(O)N2C3)ccc1=O. The predicted molar refractivity (Wildman–Crippen MR) is 175 cm³/mol. The molecular formula is C32H41ClFN5O4S. The minimum absolute atomic E-state index is 0.101. The molecule has 0 radical (unpaired) electrons. The van der Waals surface area contributed by atoms with Crippen LogP contribution >= 0.6 is 22.4 Å². The van der Waals surface area contributed by atoms with Gasteiger partial charge >= 0.3 is 0 Å². The summed E-state index contributed by atoms with van der Waals surface area (Å²) >= 11 is 6.14. The first kappa shape index (κ1) is 32.6. The van der Waals surface area contributed by atoms with Gasteiger partial charge in [0.05, 0.1) is 11.8 Å². The zero-order valence-electron chi connectivity index (χ0n) is 25.0. The summed E-state index contributed by atoms with van der Waals surface area (Å²) in [7, 11) is -2.89. The third-order valence-electron chi connectivity index (χ3n) is 8.67. The third-order valence-corrected chi connectivity index (χ3v) is 11.0. The van der Waals surface area contributed by atoms with E-state index in [1.807, 2.05) is 13.8 Å². The molecule has 2 saturated heterocycles. The Labute approximate surface area is 264 Å². The maximum atomic E-state index is 15.3. The topological polar surface area (TPSA) is 133 Å². The van der Waals surface area contributed by atoms with Crippen LogP contribution < -0.4 is 21.9 Å². The van der Waals surface area contributed by atoms with Crippen molar-refractivity contribution in [3.63, 3.8) is 0 Å². The summed E-state index contributed by atoms with van der Waals surface area (Å²) in [4.78, 5) is 26.2. The van der Waals surface area contributed by atoms with Crippen molar-refractivity contribution >= 4 is 34.0 Å². The van der Waals surface area contributed by atoms with Gasteiger partial charge < -0.3 is 20.9 Å². The van der Waals surface area contributed by atoms with Crippen molar-refractivity contribution in [2.75, 3.05) is 24.2 Å². The summed E-state index contributed by atoms with van der Waals surface area (Å²) in [6.07, 6.45) is 4.10. The zero-order valence-corrected chi connectivity index (χ0v) is 26.5. The van der Waals surface area contributed by atoms with Gasteiger partial charge in [-0.25, -0.2) is 8.70 Å². The smallest absolute Gasteiger partial charge is 0.250 e. The van der Waals surface area contributed by atoms with Crippen LogP contribution in [0, 0.1) is 5.82 Å². The molecule has 5 rings (SSSR count). The molecule has 2 aliphatic heterocycles. The number of carbonyl (C=O) groups excluding carboxylic acids is 1. The van der Waals surface area contributed by atoms with E-state index in [0.29, 0.717) is 47.1 Å².